The number of carbonyl (C=O) groups excluding carboxylic acids is 1. The van der Waals surface area contributed by atoms with Gasteiger partial charge in [0.2, 0.25) is 5.91 Å². The molecule has 1 aliphatic heterocycles. The van der Waals surface area contributed by atoms with Gasteiger partial charge in [0.25, 0.3) is 0 Å². The number of amides is 1. The van der Waals surface area contributed by atoms with Gasteiger partial charge >= 0.3 is 0 Å². The third kappa shape index (κ3) is 5.41. The minimum atomic E-state index is -0.147. The fraction of sp³-hybridized carbons (Fsp3) is 0.250. The molecule has 0 unspecified atom stereocenters. The molecule has 6 nitrogen and oxygen atoms in total. The zero-order valence-electron chi connectivity index (χ0n) is 25.1. The standard InChI is InChI=1S/C36H37N5OS/c1-5-26-14-10-12-23(2)34(26)41-24(3)22-29(25(41)4)35-33(31-17-8-9-20-37-31)39-36(43)40(35)21-19-32(42)38-30-18-11-15-27-13-6-7-16-28(27)30/h6-18,20,22,33,35H,5,19,21H2,1-4H3,(H,38,42)(H,39,43)/t33-,35+/m1/s1. The molecule has 218 valence electrons. The Kier molecular flexibility index (Phi) is 8.00. The van der Waals surface area contributed by atoms with Crippen LogP contribution >= 0.6 is 12.2 Å². The van der Waals surface area contributed by atoms with Crippen LogP contribution in [0.25, 0.3) is 16.5 Å². The van der Waals surface area contributed by atoms with Crippen molar-refractivity contribution in [3.05, 3.63) is 125 Å². The second-order valence-corrected chi connectivity index (χ2v) is 11.6. The van der Waals surface area contributed by atoms with Crippen LogP contribution in [0.1, 0.15) is 59.2 Å². The van der Waals surface area contributed by atoms with Gasteiger partial charge in [-0.1, -0.05) is 67.6 Å². The summed E-state index contributed by atoms with van der Waals surface area (Å²) in [6.45, 7) is 9.22. The highest BCUT2D eigenvalue weighted by Gasteiger charge is 2.41. The molecule has 3 aromatic carbocycles. The second-order valence-electron chi connectivity index (χ2n) is 11.2. The first-order chi connectivity index (χ1) is 20.9. The number of nitrogens with zero attached hydrogens (tertiary/aromatic N) is 3. The van der Waals surface area contributed by atoms with Crippen molar-refractivity contribution in [2.75, 3.05) is 11.9 Å². The number of fused-ring (bicyclic) bond motifs is 1. The van der Waals surface area contributed by atoms with Crippen molar-refractivity contribution in [2.24, 2.45) is 0 Å². The number of para-hydroxylation sites is 1. The fourth-order valence-corrected chi connectivity index (χ4v) is 6.84. The molecule has 0 spiro atoms. The number of rotatable bonds is 8. The molecule has 2 atom stereocenters. The van der Waals surface area contributed by atoms with Gasteiger partial charge in [0.05, 0.1) is 23.5 Å². The molecule has 0 aliphatic carbocycles. The number of hydrogen-bond donors (Lipinski definition) is 2. The predicted molar refractivity (Wildman–Crippen MR) is 179 cm³/mol. The number of hydrogen-bond acceptors (Lipinski definition) is 3. The largest absolute Gasteiger partial charge is 0.352 e. The fourth-order valence-electron chi connectivity index (χ4n) is 6.51. The van der Waals surface area contributed by atoms with Crippen molar-refractivity contribution in [3.63, 3.8) is 0 Å². The zero-order valence-corrected chi connectivity index (χ0v) is 25.9. The lowest BCUT2D eigenvalue weighted by Crippen LogP contribution is -2.33. The van der Waals surface area contributed by atoms with Crippen molar-refractivity contribution in [1.29, 1.82) is 0 Å². The Morgan fingerprint density at radius 2 is 1.74 bits per heavy atom. The Morgan fingerprint density at radius 3 is 2.53 bits per heavy atom. The normalized spacial score (nSPS) is 16.5. The van der Waals surface area contributed by atoms with E-state index in [2.05, 4.69) is 84.2 Å². The molecule has 1 aliphatic rings. The van der Waals surface area contributed by atoms with Crippen LogP contribution < -0.4 is 10.6 Å². The van der Waals surface area contributed by atoms with Gasteiger partial charge in [-0.3, -0.25) is 9.78 Å². The predicted octanol–water partition coefficient (Wildman–Crippen LogP) is 7.51. The Hall–Kier alpha value is -4.49. The van der Waals surface area contributed by atoms with E-state index in [1.807, 2.05) is 54.7 Å². The maximum atomic E-state index is 13.3. The molecular weight excluding hydrogens is 550 g/mol. The van der Waals surface area contributed by atoms with Gasteiger partial charge in [0.1, 0.15) is 0 Å². The molecule has 43 heavy (non-hydrogen) atoms. The third-order valence-corrected chi connectivity index (χ3v) is 8.91. The minimum Gasteiger partial charge on any atom is -0.352 e. The maximum absolute atomic E-state index is 13.3. The van der Waals surface area contributed by atoms with Crippen LogP contribution in [0.4, 0.5) is 5.69 Å². The first-order valence-electron chi connectivity index (χ1n) is 14.9. The van der Waals surface area contributed by atoms with Gasteiger partial charge in [-0.25, -0.2) is 0 Å². The van der Waals surface area contributed by atoms with Gasteiger partial charge in [0, 0.05) is 41.6 Å². The molecule has 1 saturated heterocycles. The third-order valence-electron chi connectivity index (χ3n) is 8.56. The topological polar surface area (TPSA) is 62.2 Å². The molecule has 0 radical (unpaired) electrons. The van der Waals surface area contributed by atoms with E-state index in [4.69, 9.17) is 17.2 Å². The maximum Gasteiger partial charge on any atom is 0.226 e. The quantitative estimate of drug-likeness (QED) is 0.184. The highest BCUT2D eigenvalue weighted by Crippen LogP contribution is 2.42. The van der Waals surface area contributed by atoms with Crippen LogP contribution in [0.3, 0.4) is 0 Å². The molecular formula is C36H37N5OS. The van der Waals surface area contributed by atoms with Gasteiger partial charge in [-0.05, 0) is 85.8 Å². The number of anilines is 1. The van der Waals surface area contributed by atoms with Crippen molar-refractivity contribution in [3.8, 4) is 5.69 Å². The van der Waals surface area contributed by atoms with Gasteiger partial charge in [-0.2, -0.15) is 0 Å². The molecule has 5 aromatic rings. The zero-order chi connectivity index (χ0) is 30.1. The summed E-state index contributed by atoms with van der Waals surface area (Å²) in [7, 11) is 0. The first-order valence-corrected chi connectivity index (χ1v) is 15.3. The summed E-state index contributed by atoms with van der Waals surface area (Å²) >= 11 is 5.92. The van der Waals surface area contributed by atoms with E-state index in [0.29, 0.717) is 18.1 Å². The van der Waals surface area contributed by atoms with Crippen molar-refractivity contribution >= 4 is 39.7 Å². The number of pyridine rings is 1. The molecule has 6 rings (SSSR count). The monoisotopic (exact) mass is 587 g/mol. The van der Waals surface area contributed by atoms with Crippen LogP contribution in [0.5, 0.6) is 0 Å². The average Bonchev–Trinajstić information content (AvgIpc) is 3.50. The Labute approximate surface area is 258 Å². The van der Waals surface area contributed by atoms with Crippen LogP contribution in [0.15, 0.2) is 91.1 Å². The average molecular weight is 588 g/mol. The van der Waals surface area contributed by atoms with Crippen LogP contribution in [-0.2, 0) is 11.2 Å². The molecule has 7 heteroatoms. The van der Waals surface area contributed by atoms with Crippen LogP contribution in [0.2, 0.25) is 0 Å². The number of nitrogens with one attached hydrogen (secondary N) is 2. The number of aromatic nitrogens is 2. The molecule has 1 amide bonds. The Bertz CT molecular complexity index is 1810. The summed E-state index contributed by atoms with van der Waals surface area (Å²) in [5.74, 6) is -0.0443. The number of thiocarbonyl (C=S) groups is 1. The van der Waals surface area contributed by atoms with E-state index >= 15 is 0 Å². The van der Waals surface area contributed by atoms with Crippen molar-refractivity contribution < 1.29 is 4.79 Å². The second kappa shape index (κ2) is 12.0. The van der Waals surface area contributed by atoms with Crippen LogP contribution in [0, 0.1) is 20.8 Å². The summed E-state index contributed by atoms with van der Waals surface area (Å²) in [6.07, 6.45) is 3.07. The lowest BCUT2D eigenvalue weighted by molar-refractivity contribution is -0.116. The van der Waals surface area contributed by atoms with Crippen molar-refractivity contribution in [1.82, 2.24) is 19.8 Å². The first kappa shape index (κ1) is 28.6. The van der Waals surface area contributed by atoms with Crippen LogP contribution in [-0.4, -0.2) is 32.0 Å². The smallest absolute Gasteiger partial charge is 0.226 e. The van der Waals surface area contributed by atoms with Gasteiger partial charge < -0.3 is 20.1 Å². The van der Waals surface area contributed by atoms with E-state index in [9.17, 15) is 4.79 Å². The SMILES string of the molecule is CCc1cccc(C)c1-n1c(C)cc([C@H]2[C@@H](c3ccccn3)NC(=S)N2CCC(=O)Nc2cccc3ccccc23)c1C. The summed E-state index contributed by atoms with van der Waals surface area (Å²) in [4.78, 5) is 20.2. The molecule has 2 aromatic heterocycles. The molecule has 1 fully saturated rings. The number of aryl methyl sites for hydroxylation is 3. The van der Waals surface area contributed by atoms with Gasteiger partial charge in [-0.15, -0.1) is 0 Å². The van der Waals surface area contributed by atoms with E-state index in [-0.39, 0.29) is 18.0 Å². The Balaban J connectivity index is 1.34. The van der Waals surface area contributed by atoms with Gasteiger partial charge in [0.15, 0.2) is 5.11 Å². The van der Waals surface area contributed by atoms with Crippen molar-refractivity contribution in [2.45, 2.75) is 52.6 Å². The molecule has 2 N–H and O–H groups in total. The van der Waals surface area contributed by atoms with E-state index < -0.39 is 0 Å². The highest BCUT2D eigenvalue weighted by atomic mass is 32.1. The molecule has 0 saturated carbocycles. The summed E-state index contributed by atoms with van der Waals surface area (Å²) in [5.41, 5.74) is 9.07. The van der Waals surface area contributed by atoms with E-state index in [1.54, 1.807) is 0 Å². The lowest BCUT2D eigenvalue weighted by atomic mass is 9.96. The summed E-state index contributed by atoms with van der Waals surface area (Å²) < 4.78 is 2.38. The molecule has 0 bridgehead atoms. The number of carbonyl (C=O) groups is 1. The minimum absolute atomic E-state index is 0.0443. The Morgan fingerprint density at radius 1 is 0.977 bits per heavy atom. The summed E-state index contributed by atoms with van der Waals surface area (Å²) in [5, 5.41) is 9.45. The van der Waals surface area contributed by atoms with E-state index in [0.717, 1.165) is 28.6 Å². The molecule has 3 heterocycles. The number of benzene rings is 3. The summed E-state index contributed by atoms with van der Waals surface area (Å²) in [6, 6.07) is 28.6. The lowest BCUT2D eigenvalue weighted by Gasteiger charge is -2.28. The highest BCUT2D eigenvalue weighted by molar-refractivity contribution is 7.80. The van der Waals surface area contributed by atoms with E-state index in [1.165, 1.54) is 33.8 Å².